The molecule has 0 aliphatic heterocycles. The smallest absolute Gasteiger partial charge is 0.308 e. The zero-order chi connectivity index (χ0) is 20.0. The average molecular weight is 393 g/mol. The maximum absolute atomic E-state index is 12.7. The van der Waals surface area contributed by atoms with Crippen LogP contribution in [-0.2, 0) is 11.3 Å². The number of hydroxylamine groups is 1. The van der Waals surface area contributed by atoms with Crippen molar-refractivity contribution in [1.82, 2.24) is 10.4 Å². The van der Waals surface area contributed by atoms with Crippen LogP contribution in [0.15, 0.2) is 48.5 Å². The normalized spacial score (nSPS) is 11.4. The number of nitro groups is 1. The van der Waals surface area contributed by atoms with Crippen molar-refractivity contribution >= 4 is 34.9 Å². The van der Waals surface area contributed by atoms with Gasteiger partial charge in [-0.15, -0.1) is 0 Å². The Morgan fingerprint density at radius 2 is 1.96 bits per heavy atom. The van der Waals surface area contributed by atoms with Gasteiger partial charge in [0.05, 0.1) is 11.5 Å². The van der Waals surface area contributed by atoms with Crippen molar-refractivity contribution in [3.8, 4) is 0 Å². The SMILES string of the molecule is C[C@@H](C(=O)NO)N(Cc1ccccc1[N+](=O)[O-])C(=O)Nc1cccc(Cl)c1. The number of urea groups is 1. The molecule has 9 nitrogen and oxygen atoms in total. The summed E-state index contributed by atoms with van der Waals surface area (Å²) in [5.74, 6) is -0.838. The highest BCUT2D eigenvalue weighted by Gasteiger charge is 2.28. The molecule has 0 bridgehead atoms. The number of amides is 3. The lowest BCUT2D eigenvalue weighted by Crippen LogP contribution is -2.48. The molecule has 3 N–H and O–H groups in total. The summed E-state index contributed by atoms with van der Waals surface area (Å²) in [5.41, 5.74) is 1.92. The molecule has 142 valence electrons. The molecular weight excluding hydrogens is 376 g/mol. The number of hydrogen-bond acceptors (Lipinski definition) is 5. The third-order valence-electron chi connectivity index (χ3n) is 3.82. The first kappa shape index (κ1) is 20.1. The van der Waals surface area contributed by atoms with Crippen LogP contribution in [0.4, 0.5) is 16.2 Å². The van der Waals surface area contributed by atoms with E-state index >= 15 is 0 Å². The Morgan fingerprint density at radius 3 is 2.59 bits per heavy atom. The number of nitrogens with zero attached hydrogens (tertiary/aromatic N) is 2. The van der Waals surface area contributed by atoms with Crippen LogP contribution in [0.3, 0.4) is 0 Å². The highest BCUT2D eigenvalue weighted by molar-refractivity contribution is 6.30. The lowest BCUT2D eigenvalue weighted by atomic mass is 10.1. The first-order valence-electron chi connectivity index (χ1n) is 7.83. The fourth-order valence-corrected chi connectivity index (χ4v) is 2.58. The molecule has 0 spiro atoms. The van der Waals surface area contributed by atoms with E-state index in [1.807, 2.05) is 0 Å². The molecule has 10 heteroatoms. The van der Waals surface area contributed by atoms with E-state index in [2.05, 4.69) is 5.32 Å². The van der Waals surface area contributed by atoms with Crippen LogP contribution in [0.25, 0.3) is 0 Å². The number of nitro benzene ring substituents is 1. The van der Waals surface area contributed by atoms with E-state index in [4.69, 9.17) is 16.8 Å². The second-order valence-electron chi connectivity index (χ2n) is 5.61. The van der Waals surface area contributed by atoms with Gasteiger partial charge in [0, 0.05) is 22.3 Å². The number of halogens is 1. The molecule has 0 aromatic heterocycles. The molecule has 0 saturated heterocycles. The molecule has 3 amide bonds. The van der Waals surface area contributed by atoms with Gasteiger partial charge >= 0.3 is 6.03 Å². The van der Waals surface area contributed by atoms with Crippen LogP contribution in [0.1, 0.15) is 12.5 Å². The molecule has 0 aliphatic carbocycles. The Kier molecular flexibility index (Phi) is 6.69. The number of hydrogen-bond donors (Lipinski definition) is 3. The predicted molar refractivity (Wildman–Crippen MR) is 98.5 cm³/mol. The van der Waals surface area contributed by atoms with Gasteiger partial charge in [-0.1, -0.05) is 35.9 Å². The molecule has 2 aromatic rings. The number of carbonyl (C=O) groups excluding carboxylic acids is 2. The summed E-state index contributed by atoms with van der Waals surface area (Å²) < 4.78 is 0. The summed E-state index contributed by atoms with van der Waals surface area (Å²) in [4.78, 5) is 36.3. The van der Waals surface area contributed by atoms with Gasteiger partial charge in [0.25, 0.3) is 11.6 Å². The molecule has 1 atom stereocenters. The van der Waals surface area contributed by atoms with Crippen molar-refractivity contribution in [2.75, 3.05) is 5.32 Å². The first-order valence-corrected chi connectivity index (χ1v) is 8.20. The molecular formula is C17H17ClN4O5. The van der Waals surface area contributed by atoms with Gasteiger partial charge in [-0.25, -0.2) is 10.3 Å². The maximum Gasteiger partial charge on any atom is 0.322 e. The van der Waals surface area contributed by atoms with Crippen molar-refractivity contribution in [2.45, 2.75) is 19.5 Å². The molecule has 0 heterocycles. The van der Waals surface area contributed by atoms with Gasteiger partial charge in [-0.2, -0.15) is 0 Å². The zero-order valence-electron chi connectivity index (χ0n) is 14.3. The summed E-state index contributed by atoms with van der Waals surface area (Å²) >= 11 is 5.89. The molecule has 2 rings (SSSR count). The predicted octanol–water partition coefficient (Wildman–Crippen LogP) is 3.18. The molecule has 2 aromatic carbocycles. The van der Waals surface area contributed by atoms with Crippen molar-refractivity contribution in [3.05, 3.63) is 69.2 Å². The van der Waals surface area contributed by atoms with E-state index < -0.39 is 22.9 Å². The molecule has 0 saturated carbocycles. The van der Waals surface area contributed by atoms with E-state index in [0.29, 0.717) is 10.7 Å². The Balaban J connectivity index is 2.32. The Labute approximate surface area is 159 Å². The minimum Gasteiger partial charge on any atom is -0.308 e. The maximum atomic E-state index is 12.7. The van der Waals surface area contributed by atoms with Crippen molar-refractivity contribution in [1.29, 1.82) is 0 Å². The van der Waals surface area contributed by atoms with E-state index in [1.54, 1.807) is 24.3 Å². The van der Waals surface area contributed by atoms with Crippen molar-refractivity contribution < 1.29 is 19.7 Å². The van der Waals surface area contributed by atoms with E-state index in [0.717, 1.165) is 4.90 Å². The molecule has 0 aliphatic rings. The summed E-state index contributed by atoms with van der Waals surface area (Å²) in [6.45, 7) is 1.16. The summed E-state index contributed by atoms with van der Waals surface area (Å²) in [6, 6.07) is 10.5. The number of para-hydroxylation sites is 1. The highest BCUT2D eigenvalue weighted by atomic mass is 35.5. The van der Waals surface area contributed by atoms with Gasteiger partial charge in [-0.3, -0.25) is 20.1 Å². The van der Waals surface area contributed by atoms with Crippen LogP contribution in [0.2, 0.25) is 5.02 Å². The number of benzene rings is 2. The number of anilines is 1. The first-order chi connectivity index (χ1) is 12.8. The second-order valence-corrected chi connectivity index (χ2v) is 6.04. The standard InChI is InChI=1S/C17H17ClN4O5/c1-11(16(23)20-25)21(10-12-5-2-3-8-15(12)22(26)27)17(24)19-14-7-4-6-13(18)9-14/h2-9,11,25H,10H2,1H3,(H,19,24)(H,20,23)/t11-/m0/s1. The molecule has 27 heavy (non-hydrogen) atoms. The monoisotopic (exact) mass is 392 g/mol. The van der Waals surface area contributed by atoms with E-state index in [-0.39, 0.29) is 17.8 Å². The Morgan fingerprint density at radius 1 is 1.26 bits per heavy atom. The van der Waals surface area contributed by atoms with Crippen LogP contribution in [-0.4, -0.2) is 33.0 Å². The van der Waals surface area contributed by atoms with Crippen molar-refractivity contribution in [3.63, 3.8) is 0 Å². The van der Waals surface area contributed by atoms with Gasteiger partial charge in [-0.05, 0) is 25.1 Å². The van der Waals surface area contributed by atoms with Gasteiger partial charge in [0.15, 0.2) is 0 Å². The lowest BCUT2D eigenvalue weighted by molar-refractivity contribution is -0.385. The van der Waals surface area contributed by atoms with E-state index in [9.17, 15) is 19.7 Å². The highest BCUT2D eigenvalue weighted by Crippen LogP contribution is 2.22. The third-order valence-corrected chi connectivity index (χ3v) is 4.06. The summed E-state index contributed by atoms with van der Waals surface area (Å²) in [7, 11) is 0. The second kappa shape index (κ2) is 8.97. The fourth-order valence-electron chi connectivity index (χ4n) is 2.39. The lowest BCUT2D eigenvalue weighted by Gasteiger charge is -2.28. The van der Waals surface area contributed by atoms with Gasteiger partial charge < -0.3 is 10.2 Å². The fraction of sp³-hybridized carbons (Fsp3) is 0.176. The number of rotatable bonds is 6. The van der Waals surface area contributed by atoms with Gasteiger partial charge in [0.2, 0.25) is 0 Å². The minimum absolute atomic E-state index is 0.185. The third kappa shape index (κ3) is 5.16. The number of nitrogens with one attached hydrogen (secondary N) is 2. The summed E-state index contributed by atoms with van der Waals surface area (Å²) in [5, 5.41) is 23.1. The Bertz CT molecular complexity index is 861. The minimum atomic E-state index is -1.10. The quantitative estimate of drug-likeness (QED) is 0.395. The van der Waals surface area contributed by atoms with Crippen LogP contribution in [0.5, 0.6) is 0 Å². The van der Waals surface area contributed by atoms with Gasteiger partial charge in [0.1, 0.15) is 6.04 Å². The molecule has 0 fully saturated rings. The molecule has 0 radical (unpaired) electrons. The zero-order valence-corrected chi connectivity index (χ0v) is 15.0. The van der Waals surface area contributed by atoms with Crippen LogP contribution < -0.4 is 10.8 Å². The average Bonchev–Trinajstić information content (AvgIpc) is 2.65. The molecule has 0 unspecified atom stereocenters. The van der Waals surface area contributed by atoms with Crippen molar-refractivity contribution in [2.24, 2.45) is 0 Å². The Hall–Kier alpha value is -3.17. The topological polar surface area (TPSA) is 125 Å². The largest absolute Gasteiger partial charge is 0.322 e. The van der Waals surface area contributed by atoms with Crippen LogP contribution >= 0.6 is 11.6 Å². The van der Waals surface area contributed by atoms with Crippen LogP contribution in [0, 0.1) is 10.1 Å². The number of carbonyl (C=O) groups is 2. The summed E-state index contributed by atoms with van der Waals surface area (Å²) in [6.07, 6.45) is 0. The van der Waals surface area contributed by atoms with E-state index in [1.165, 1.54) is 36.7 Å².